The van der Waals surface area contributed by atoms with Crippen LogP contribution in [0.5, 0.6) is 5.75 Å². The third-order valence-corrected chi connectivity index (χ3v) is 6.30. The molecule has 186 valence electrons. The number of nitrogens with zero attached hydrogens (tertiary/aromatic N) is 2. The second-order valence-electron chi connectivity index (χ2n) is 8.58. The van der Waals surface area contributed by atoms with Gasteiger partial charge in [-0.05, 0) is 47.4 Å². The molecule has 4 rings (SSSR count). The smallest absolute Gasteiger partial charge is 0.465 e. The number of hydrogen-bond donors (Lipinski definition) is 2. The fraction of sp³-hybridized carbons (Fsp3) is 0.259. The quantitative estimate of drug-likeness (QED) is 0.455. The van der Waals surface area contributed by atoms with Crippen LogP contribution in [-0.2, 0) is 6.54 Å². The highest BCUT2D eigenvalue weighted by Crippen LogP contribution is 2.32. The van der Waals surface area contributed by atoms with Gasteiger partial charge in [0.2, 0.25) is 0 Å². The van der Waals surface area contributed by atoms with Crippen LogP contribution in [-0.4, -0.2) is 41.6 Å². The van der Waals surface area contributed by atoms with Gasteiger partial charge in [-0.2, -0.15) is 5.26 Å². The molecule has 3 aromatic rings. The molecule has 0 aromatic heterocycles. The Morgan fingerprint density at radius 2 is 1.78 bits per heavy atom. The molecule has 0 unspecified atom stereocenters. The summed E-state index contributed by atoms with van der Waals surface area (Å²) < 4.78 is 43.6. The van der Waals surface area contributed by atoms with Gasteiger partial charge in [0.15, 0.2) is 0 Å². The minimum Gasteiger partial charge on any atom is -0.465 e. The maximum atomic E-state index is 13.1. The number of benzene rings is 3. The first-order valence-corrected chi connectivity index (χ1v) is 11.4. The van der Waals surface area contributed by atoms with Gasteiger partial charge in [0.1, 0.15) is 5.75 Å². The number of nitriles is 1. The van der Waals surface area contributed by atoms with Crippen LogP contribution in [0.15, 0.2) is 72.8 Å². The van der Waals surface area contributed by atoms with Gasteiger partial charge in [-0.1, -0.05) is 48.5 Å². The minimum absolute atomic E-state index is 0.0939. The highest BCUT2D eigenvalue weighted by atomic mass is 19.4. The molecule has 9 heteroatoms. The van der Waals surface area contributed by atoms with Gasteiger partial charge < -0.3 is 20.1 Å². The number of ether oxygens (including phenoxy) is 1. The minimum atomic E-state index is -4.84. The van der Waals surface area contributed by atoms with E-state index >= 15 is 0 Å². The normalized spacial score (nSPS) is 17.9. The third kappa shape index (κ3) is 6.15. The molecule has 36 heavy (non-hydrogen) atoms. The van der Waals surface area contributed by atoms with Gasteiger partial charge >= 0.3 is 12.5 Å². The number of piperidine rings is 1. The van der Waals surface area contributed by atoms with Crippen LogP contribution in [0, 0.1) is 11.3 Å². The van der Waals surface area contributed by atoms with Crippen molar-refractivity contribution < 1.29 is 27.8 Å². The van der Waals surface area contributed by atoms with E-state index in [1.165, 1.54) is 11.0 Å². The molecule has 0 saturated carbocycles. The second-order valence-corrected chi connectivity index (χ2v) is 8.58. The van der Waals surface area contributed by atoms with E-state index < -0.39 is 12.5 Å². The molecule has 0 bridgehead atoms. The Balaban J connectivity index is 1.60. The zero-order valence-corrected chi connectivity index (χ0v) is 19.2. The fourth-order valence-electron chi connectivity index (χ4n) is 4.51. The van der Waals surface area contributed by atoms with Crippen LogP contribution in [0.3, 0.4) is 0 Å². The molecule has 0 aliphatic carbocycles. The lowest BCUT2D eigenvalue weighted by Crippen LogP contribution is -2.49. The maximum absolute atomic E-state index is 13.1. The van der Waals surface area contributed by atoms with Crippen LogP contribution in [0.1, 0.15) is 29.0 Å². The van der Waals surface area contributed by atoms with Crippen molar-refractivity contribution in [3.63, 3.8) is 0 Å². The van der Waals surface area contributed by atoms with E-state index in [1.807, 2.05) is 36.4 Å². The zero-order valence-electron chi connectivity index (χ0n) is 19.2. The molecule has 1 saturated heterocycles. The summed E-state index contributed by atoms with van der Waals surface area (Å²) in [5.41, 5.74) is 3.20. The van der Waals surface area contributed by atoms with Crippen molar-refractivity contribution in [2.45, 2.75) is 31.3 Å². The third-order valence-electron chi connectivity index (χ3n) is 6.30. The van der Waals surface area contributed by atoms with Crippen LogP contribution >= 0.6 is 0 Å². The molecule has 1 heterocycles. The highest BCUT2D eigenvalue weighted by Gasteiger charge is 2.34. The van der Waals surface area contributed by atoms with Gasteiger partial charge in [-0.3, -0.25) is 0 Å². The number of nitrogens with one attached hydrogen (secondary N) is 1. The molecule has 1 aliphatic heterocycles. The van der Waals surface area contributed by atoms with Gasteiger partial charge in [0.05, 0.1) is 11.6 Å². The molecule has 1 fully saturated rings. The summed E-state index contributed by atoms with van der Waals surface area (Å²) in [6.07, 6.45) is -5.33. The van der Waals surface area contributed by atoms with Crippen molar-refractivity contribution in [3.8, 4) is 22.9 Å². The average molecular weight is 496 g/mol. The van der Waals surface area contributed by atoms with Gasteiger partial charge in [-0.25, -0.2) is 4.79 Å². The van der Waals surface area contributed by atoms with Crippen molar-refractivity contribution in [1.29, 1.82) is 5.26 Å². The molecule has 2 atom stereocenters. The Kier molecular flexibility index (Phi) is 7.46. The Morgan fingerprint density at radius 3 is 2.42 bits per heavy atom. The summed E-state index contributed by atoms with van der Waals surface area (Å²) in [4.78, 5) is 12.9. The van der Waals surface area contributed by atoms with Crippen molar-refractivity contribution in [3.05, 3.63) is 89.5 Å². The predicted molar refractivity (Wildman–Crippen MR) is 127 cm³/mol. The molecule has 6 nitrogen and oxygen atoms in total. The number of hydrogen-bond acceptors (Lipinski definition) is 4. The maximum Gasteiger partial charge on any atom is 0.573 e. The SMILES string of the molecule is N#Cc1ccc(-c2ccc(OC(F)(F)F)c(CN[C@H]3CCN(C(=O)O)C[C@H]3c3ccccc3)c2)cc1. The lowest BCUT2D eigenvalue weighted by molar-refractivity contribution is -0.274. The number of halogens is 3. The molecule has 2 N–H and O–H groups in total. The lowest BCUT2D eigenvalue weighted by Gasteiger charge is -2.38. The van der Waals surface area contributed by atoms with E-state index in [9.17, 15) is 23.1 Å². The van der Waals surface area contributed by atoms with Crippen molar-refractivity contribution >= 4 is 6.09 Å². The standard InChI is InChI=1S/C27H24F3N3O3/c28-27(29,30)36-25-11-10-21(19-8-6-18(15-31)7-9-19)14-22(25)16-32-24-12-13-33(26(34)35)17-23(24)20-4-2-1-3-5-20/h1-11,14,23-24,32H,12-13,16-17H2,(H,34,35)/t23-,24-/m0/s1. The Hall–Kier alpha value is -4.03. The molecule has 3 aromatic carbocycles. The zero-order chi connectivity index (χ0) is 25.7. The molecule has 1 aliphatic rings. The van der Waals surface area contributed by atoms with Crippen molar-refractivity contribution in [2.75, 3.05) is 13.1 Å². The Labute approximate surface area is 206 Å². The van der Waals surface area contributed by atoms with E-state index in [0.29, 0.717) is 29.7 Å². The summed E-state index contributed by atoms with van der Waals surface area (Å²) in [7, 11) is 0. The Bertz CT molecular complexity index is 1240. The largest absolute Gasteiger partial charge is 0.573 e. The predicted octanol–water partition coefficient (Wildman–Crippen LogP) is 5.75. The summed E-state index contributed by atoms with van der Waals surface area (Å²) in [6, 6.07) is 22.6. The Morgan fingerprint density at radius 1 is 1.08 bits per heavy atom. The summed E-state index contributed by atoms with van der Waals surface area (Å²) in [6.45, 7) is 0.707. The van der Waals surface area contributed by atoms with E-state index in [1.54, 1.807) is 36.4 Å². The molecule has 1 amide bonds. The van der Waals surface area contributed by atoms with Crippen LogP contribution < -0.4 is 10.1 Å². The lowest BCUT2D eigenvalue weighted by atomic mass is 9.86. The molecule has 0 radical (unpaired) electrons. The van der Waals surface area contributed by atoms with Gasteiger partial charge in [-0.15, -0.1) is 13.2 Å². The topological polar surface area (TPSA) is 85.6 Å². The number of carboxylic acid groups (broad SMARTS) is 1. The summed E-state index contributed by atoms with van der Waals surface area (Å²) in [5, 5.41) is 21.9. The van der Waals surface area contributed by atoms with E-state index in [-0.39, 0.29) is 30.8 Å². The van der Waals surface area contributed by atoms with Crippen molar-refractivity contribution in [1.82, 2.24) is 10.2 Å². The first kappa shape index (κ1) is 25.1. The van der Waals surface area contributed by atoms with Gasteiger partial charge in [0, 0.05) is 37.2 Å². The second kappa shape index (κ2) is 10.7. The van der Waals surface area contributed by atoms with Crippen LogP contribution in [0.4, 0.5) is 18.0 Å². The first-order chi connectivity index (χ1) is 17.2. The number of carbonyl (C=O) groups is 1. The van der Waals surface area contributed by atoms with E-state index in [4.69, 9.17) is 5.26 Å². The van der Waals surface area contributed by atoms with Crippen LogP contribution in [0.25, 0.3) is 11.1 Å². The van der Waals surface area contributed by atoms with E-state index in [2.05, 4.69) is 10.1 Å². The number of amides is 1. The van der Waals surface area contributed by atoms with Crippen LogP contribution in [0.2, 0.25) is 0 Å². The number of rotatable bonds is 6. The van der Waals surface area contributed by atoms with E-state index in [0.717, 1.165) is 11.1 Å². The highest BCUT2D eigenvalue weighted by molar-refractivity contribution is 5.67. The monoisotopic (exact) mass is 495 g/mol. The molecular weight excluding hydrogens is 471 g/mol. The molecule has 0 spiro atoms. The van der Waals surface area contributed by atoms with Gasteiger partial charge in [0.25, 0.3) is 0 Å². The first-order valence-electron chi connectivity index (χ1n) is 11.4. The number of alkyl halides is 3. The summed E-state index contributed by atoms with van der Waals surface area (Å²) in [5.74, 6) is -0.462. The average Bonchev–Trinajstić information content (AvgIpc) is 2.87. The number of likely N-dealkylation sites (tertiary alicyclic amines) is 1. The van der Waals surface area contributed by atoms with Crippen molar-refractivity contribution in [2.24, 2.45) is 0 Å². The molecular formula is C27H24F3N3O3. The summed E-state index contributed by atoms with van der Waals surface area (Å²) >= 11 is 0. The fourth-order valence-corrected chi connectivity index (χ4v) is 4.51.